The Balaban J connectivity index is 2.45. The molecule has 0 saturated heterocycles. The average Bonchev–Trinajstić information content (AvgIpc) is 2.60. The highest BCUT2D eigenvalue weighted by molar-refractivity contribution is 7.10. The van der Waals surface area contributed by atoms with Gasteiger partial charge < -0.3 is 5.32 Å². The molecule has 0 radical (unpaired) electrons. The van der Waals surface area contributed by atoms with Gasteiger partial charge in [-0.1, -0.05) is 12.2 Å². The SMILES string of the molecule is CNCCC=Cc1csc(C#N)c1. The fraction of sp³-hybridized carbons (Fsp3) is 0.300. The molecule has 0 amide bonds. The molecule has 0 bridgehead atoms. The van der Waals surface area contributed by atoms with Crippen LogP contribution < -0.4 is 5.32 Å². The molecule has 13 heavy (non-hydrogen) atoms. The topological polar surface area (TPSA) is 35.8 Å². The maximum absolute atomic E-state index is 8.59. The Kier molecular flexibility index (Phi) is 4.24. The minimum absolute atomic E-state index is 0.772. The lowest BCUT2D eigenvalue weighted by molar-refractivity contribution is 0.809. The molecule has 1 aromatic heterocycles. The average molecular weight is 192 g/mol. The molecular weight excluding hydrogens is 180 g/mol. The largest absolute Gasteiger partial charge is 0.319 e. The smallest absolute Gasteiger partial charge is 0.110 e. The van der Waals surface area contributed by atoms with E-state index < -0.39 is 0 Å². The lowest BCUT2D eigenvalue weighted by Crippen LogP contribution is -2.05. The van der Waals surface area contributed by atoms with E-state index in [0.717, 1.165) is 23.4 Å². The summed E-state index contributed by atoms with van der Waals surface area (Å²) in [5.41, 5.74) is 1.12. The minimum Gasteiger partial charge on any atom is -0.319 e. The molecule has 1 N–H and O–H groups in total. The molecule has 0 fully saturated rings. The van der Waals surface area contributed by atoms with Crippen molar-refractivity contribution in [2.24, 2.45) is 0 Å². The summed E-state index contributed by atoms with van der Waals surface area (Å²) in [6.07, 6.45) is 5.18. The van der Waals surface area contributed by atoms with Crippen LogP contribution in [-0.2, 0) is 0 Å². The molecule has 0 saturated carbocycles. The van der Waals surface area contributed by atoms with E-state index in [-0.39, 0.29) is 0 Å². The first kappa shape index (κ1) is 9.97. The van der Waals surface area contributed by atoms with Gasteiger partial charge in [0, 0.05) is 0 Å². The second kappa shape index (κ2) is 5.52. The molecular formula is C10H12N2S. The molecule has 1 aromatic rings. The van der Waals surface area contributed by atoms with Crippen LogP contribution in [0.2, 0.25) is 0 Å². The van der Waals surface area contributed by atoms with Crippen molar-refractivity contribution in [2.75, 3.05) is 13.6 Å². The maximum atomic E-state index is 8.59. The van der Waals surface area contributed by atoms with E-state index in [1.807, 2.05) is 18.5 Å². The van der Waals surface area contributed by atoms with E-state index in [9.17, 15) is 0 Å². The monoisotopic (exact) mass is 192 g/mol. The summed E-state index contributed by atoms with van der Waals surface area (Å²) in [7, 11) is 1.94. The molecule has 0 aromatic carbocycles. The lowest BCUT2D eigenvalue weighted by Gasteiger charge is -1.89. The van der Waals surface area contributed by atoms with E-state index in [4.69, 9.17) is 5.26 Å². The van der Waals surface area contributed by atoms with Crippen LogP contribution in [0.15, 0.2) is 17.5 Å². The highest BCUT2D eigenvalue weighted by Gasteiger charge is 1.93. The molecule has 1 heterocycles. The van der Waals surface area contributed by atoms with Crippen LogP contribution in [0.5, 0.6) is 0 Å². The molecule has 0 aliphatic rings. The predicted octanol–water partition coefficient (Wildman–Crippen LogP) is 2.24. The van der Waals surface area contributed by atoms with Crippen LogP contribution in [0.1, 0.15) is 16.9 Å². The van der Waals surface area contributed by atoms with Crippen LogP contribution in [0.3, 0.4) is 0 Å². The van der Waals surface area contributed by atoms with E-state index in [2.05, 4.69) is 23.5 Å². The summed E-state index contributed by atoms with van der Waals surface area (Å²) in [5, 5.41) is 13.7. The quantitative estimate of drug-likeness (QED) is 0.743. The highest BCUT2D eigenvalue weighted by Crippen LogP contribution is 2.14. The number of rotatable bonds is 4. The van der Waals surface area contributed by atoms with E-state index in [1.165, 1.54) is 11.3 Å². The number of hydrogen-bond acceptors (Lipinski definition) is 3. The molecule has 3 heteroatoms. The Bertz CT molecular complexity index is 320. The Morgan fingerprint density at radius 2 is 2.54 bits per heavy atom. The predicted molar refractivity (Wildman–Crippen MR) is 56.6 cm³/mol. The fourth-order valence-electron chi connectivity index (χ4n) is 0.944. The van der Waals surface area contributed by atoms with E-state index in [0.29, 0.717) is 0 Å². The molecule has 0 aliphatic heterocycles. The first-order valence-electron chi connectivity index (χ1n) is 4.16. The van der Waals surface area contributed by atoms with Crippen LogP contribution in [0.4, 0.5) is 0 Å². The normalized spacial score (nSPS) is 10.5. The summed E-state index contributed by atoms with van der Waals surface area (Å²) in [6.45, 7) is 0.992. The molecule has 1 rings (SSSR count). The van der Waals surface area contributed by atoms with Crippen molar-refractivity contribution in [3.05, 3.63) is 28.0 Å². The van der Waals surface area contributed by atoms with E-state index >= 15 is 0 Å². The maximum Gasteiger partial charge on any atom is 0.110 e. The van der Waals surface area contributed by atoms with Gasteiger partial charge in [0.15, 0.2) is 0 Å². The van der Waals surface area contributed by atoms with Crippen molar-refractivity contribution in [2.45, 2.75) is 6.42 Å². The summed E-state index contributed by atoms with van der Waals surface area (Å²) < 4.78 is 0. The third-order valence-corrected chi connectivity index (χ3v) is 2.45. The fourth-order valence-corrected chi connectivity index (χ4v) is 1.61. The van der Waals surface area contributed by atoms with Crippen molar-refractivity contribution in [3.63, 3.8) is 0 Å². The lowest BCUT2D eigenvalue weighted by atomic mass is 10.2. The highest BCUT2D eigenvalue weighted by atomic mass is 32.1. The van der Waals surface area contributed by atoms with Crippen molar-refractivity contribution >= 4 is 17.4 Å². The van der Waals surface area contributed by atoms with Crippen molar-refractivity contribution < 1.29 is 0 Å². The second-order valence-electron chi connectivity index (χ2n) is 2.65. The minimum atomic E-state index is 0.772. The third-order valence-electron chi connectivity index (χ3n) is 1.60. The standard InChI is InChI=1S/C10H12N2S/c1-12-5-3-2-4-9-6-10(7-11)13-8-9/h2,4,6,8,12H,3,5H2,1H3. The zero-order valence-electron chi connectivity index (χ0n) is 7.58. The molecule has 0 aliphatic carbocycles. The van der Waals surface area contributed by atoms with Gasteiger partial charge in [-0.25, -0.2) is 0 Å². The van der Waals surface area contributed by atoms with Gasteiger partial charge in [0.1, 0.15) is 10.9 Å². The van der Waals surface area contributed by atoms with E-state index in [1.54, 1.807) is 0 Å². The Labute approximate surface area is 82.5 Å². The van der Waals surface area contributed by atoms with Gasteiger partial charge in [-0.15, -0.1) is 11.3 Å². The third kappa shape index (κ3) is 3.41. The summed E-state index contributed by atoms with van der Waals surface area (Å²) in [4.78, 5) is 0.772. The van der Waals surface area contributed by atoms with Crippen LogP contribution in [0, 0.1) is 11.3 Å². The van der Waals surface area contributed by atoms with Gasteiger partial charge in [-0.05, 0) is 37.0 Å². The molecule has 0 unspecified atom stereocenters. The Morgan fingerprint density at radius 3 is 3.15 bits per heavy atom. The molecule has 2 nitrogen and oxygen atoms in total. The summed E-state index contributed by atoms with van der Waals surface area (Å²) >= 11 is 1.49. The first-order valence-corrected chi connectivity index (χ1v) is 5.04. The van der Waals surface area contributed by atoms with Crippen LogP contribution in [-0.4, -0.2) is 13.6 Å². The molecule has 0 spiro atoms. The van der Waals surface area contributed by atoms with Gasteiger partial charge in [-0.3, -0.25) is 0 Å². The zero-order valence-corrected chi connectivity index (χ0v) is 8.40. The zero-order chi connectivity index (χ0) is 9.52. The van der Waals surface area contributed by atoms with Crippen LogP contribution >= 0.6 is 11.3 Å². The number of nitrogens with zero attached hydrogens (tertiary/aromatic N) is 1. The Hall–Kier alpha value is -1.11. The number of hydrogen-bond donors (Lipinski definition) is 1. The van der Waals surface area contributed by atoms with Gasteiger partial charge in [-0.2, -0.15) is 5.26 Å². The molecule has 0 atom stereocenters. The summed E-state index contributed by atoms with van der Waals surface area (Å²) in [5.74, 6) is 0. The van der Waals surface area contributed by atoms with Crippen molar-refractivity contribution in [1.29, 1.82) is 5.26 Å². The van der Waals surface area contributed by atoms with Crippen LogP contribution in [0.25, 0.3) is 6.08 Å². The van der Waals surface area contributed by atoms with Crippen molar-refractivity contribution in [1.82, 2.24) is 5.32 Å². The number of nitriles is 1. The van der Waals surface area contributed by atoms with Crippen molar-refractivity contribution in [3.8, 4) is 6.07 Å². The van der Waals surface area contributed by atoms with Gasteiger partial charge >= 0.3 is 0 Å². The van der Waals surface area contributed by atoms with Gasteiger partial charge in [0.05, 0.1) is 0 Å². The second-order valence-corrected chi connectivity index (χ2v) is 3.56. The number of nitrogens with one attached hydrogen (secondary N) is 1. The van der Waals surface area contributed by atoms with Gasteiger partial charge in [0.2, 0.25) is 0 Å². The molecule has 68 valence electrons. The summed E-state index contributed by atoms with van der Waals surface area (Å²) in [6, 6.07) is 4.02. The van der Waals surface area contributed by atoms with Gasteiger partial charge in [0.25, 0.3) is 0 Å². The Morgan fingerprint density at radius 1 is 1.69 bits per heavy atom. The number of thiophene rings is 1. The first-order chi connectivity index (χ1) is 6.36.